The molecule has 0 aliphatic carbocycles. The van der Waals surface area contributed by atoms with Crippen molar-refractivity contribution in [3.05, 3.63) is 66.4 Å². The maximum Gasteiger partial charge on any atom is 0.240 e. The first kappa shape index (κ1) is 18.5. The molecule has 2 aromatic carbocycles. The molecule has 0 saturated carbocycles. The van der Waals surface area contributed by atoms with E-state index in [1.54, 1.807) is 30.5 Å². The molecular formula is C20H19NO6S. The van der Waals surface area contributed by atoms with Crippen molar-refractivity contribution in [1.82, 2.24) is 4.72 Å². The topological polar surface area (TPSA) is 98.0 Å². The van der Waals surface area contributed by atoms with Gasteiger partial charge in [0.25, 0.3) is 0 Å². The molecule has 0 spiro atoms. The fourth-order valence-electron chi connectivity index (χ4n) is 2.89. The average molecular weight is 401 g/mol. The van der Waals surface area contributed by atoms with Crippen molar-refractivity contribution in [2.24, 2.45) is 0 Å². The lowest BCUT2D eigenvalue weighted by Crippen LogP contribution is -2.28. The Balaban J connectivity index is 1.43. The Hall–Kier alpha value is -2.81. The Morgan fingerprint density at radius 2 is 1.75 bits per heavy atom. The summed E-state index contributed by atoms with van der Waals surface area (Å²) in [6.45, 7) is 0.649. The minimum Gasteiger partial charge on any atom is -0.486 e. The smallest absolute Gasteiger partial charge is 0.240 e. The van der Waals surface area contributed by atoms with Gasteiger partial charge in [0.2, 0.25) is 10.0 Å². The van der Waals surface area contributed by atoms with Gasteiger partial charge in [-0.2, -0.15) is 0 Å². The number of ether oxygens (including phenoxy) is 2. The fourth-order valence-corrected chi connectivity index (χ4v) is 3.95. The van der Waals surface area contributed by atoms with E-state index in [0.29, 0.717) is 30.3 Å². The summed E-state index contributed by atoms with van der Waals surface area (Å²) < 4.78 is 43.6. The summed E-state index contributed by atoms with van der Waals surface area (Å²) in [5, 5.41) is 10.3. The number of rotatable bonds is 6. The lowest BCUT2D eigenvalue weighted by molar-refractivity contribution is 0.171. The standard InChI is InChI=1S/C20H19NO6S/c22-17(14-3-5-15(6-4-14)18-2-1-9-25-18)13-21-28(23,24)16-7-8-19-20(12-16)27-11-10-26-19/h1-9,12,17,21-22H,10-11,13H2. The highest BCUT2D eigenvalue weighted by Gasteiger charge is 2.20. The molecule has 146 valence electrons. The van der Waals surface area contributed by atoms with Crippen LogP contribution in [-0.2, 0) is 10.0 Å². The van der Waals surface area contributed by atoms with Crippen LogP contribution in [0.2, 0.25) is 0 Å². The van der Waals surface area contributed by atoms with Gasteiger partial charge in [0.15, 0.2) is 11.5 Å². The second-order valence-electron chi connectivity index (χ2n) is 6.27. The van der Waals surface area contributed by atoms with Gasteiger partial charge in [-0.3, -0.25) is 0 Å². The molecule has 0 saturated heterocycles. The number of hydrogen-bond donors (Lipinski definition) is 2. The zero-order chi connectivity index (χ0) is 19.6. The third kappa shape index (κ3) is 3.89. The molecule has 28 heavy (non-hydrogen) atoms. The molecule has 0 amide bonds. The summed E-state index contributed by atoms with van der Waals surface area (Å²) in [5.74, 6) is 1.63. The minimum atomic E-state index is -3.80. The highest BCUT2D eigenvalue weighted by Crippen LogP contribution is 2.32. The molecule has 1 unspecified atom stereocenters. The molecule has 2 heterocycles. The number of sulfonamides is 1. The lowest BCUT2D eigenvalue weighted by Gasteiger charge is -2.19. The van der Waals surface area contributed by atoms with Crippen LogP contribution in [0.3, 0.4) is 0 Å². The van der Waals surface area contributed by atoms with Gasteiger partial charge in [0, 0.05) is 18.2 Å². The molecule has 3 aromatic rings. The van der Waals surface area contributed by atoms with Crippen LogP contribution in [0.15, 0.2) is 70.2 Å². The molecule has 1 aliphatic heterocycles. The largest absolute Gasteiger partial charge is 0.486 e. The molecule has 1 aromatic heterocycles. The number of benzene rings is 2. The van der Waals surface area contributed by atoms with Crippen molar-refractivity contribution >= 4 is 10.0 Å². The summed E-state index contributed by atoms with van der Waals surface area (Å²) in [7, 11) is -3.80. The van der Waals surface area contributed by atoms with E-state index in [4.69, 9.17) is 13.9 Å². The molecule has 7 nitrogen and oxygen atoms in total. The molecule has 8 heteroatoms. The molecule has 0 radical (unpaired) electrons. The zero-order valence-corrected chi connectivity index (χ0v) is 15.7. The Labute approximate surface area is 162 Å². The van der Waals surface area contributed by atoms with Crippen LogP contribution in [-0.4, -0.2) is 33.3 Å². The predicted molar refractivity (Wildman–Crippen MR) is 102 cm³/mol. The number of aliphatic hydroxyl groups excluding tert-OH is 1. The molecule has 1 atom stereocenters. The Morgan fingerprint density at radius 1 is 1.00 bits per heavy atom. The number of furan rings is 1. The van der Waals surface area contributed by atoms with Crippen molar-refractivity contribution in [2.75, 3.05) is 19.8 Å². The number of nitrogens with one attached hydrogen (secondary N) is 1. The second kappa shape index (κ2) is 7.67. The SMILES string of the molecule is O=S(=O)(NCC(O)c1ccc(-c2ccco2)cc1)c1ccc2c(c1)OCCO2. The van der Waals surface area contributed by atoms with Gasteiger partial charge in [-0.05, 0) is 29.8 Å². The summed E-state index contributed by atoms with van der Waals surface area (Å²) in [6.07, 6.45) is 0.600. The summed E-state index contributed by atoms with van der Waals surface area (Å²) in [4.78, 5) is 0.0529. The van der Waals surface area contributed by atoms with Crippen molar-refractivity contribution in [3.63, 3.8) is 0 Å². The predicted octanol–water partition coefficient (Wildman–Crippen LogP) is 2.73. The van der Waals surface area contributed by atoms with Crippen molar-refractivity contribution < 1.29 is 27.4 Å². The average Bonchev–Trinajstić information content (AvgIpc) is 3.27. The van der Waals surface area contributed by atoms with Crippen LogP contribution >= 0.6 is 0 Å². The van der Waals surface area contributed by atoms with Crippen LogP contribution in [0.5, 0.6) is 11.5 Å². The third-order valence-corrected chi connectivity index (χ3v) is 5.81. The van der Waals surface area contributed by atoms with Gasteiger partial charge in [-0.25, -0.2) is 13.1 Å². The van der Waals surface area contributed by atoms with Crippen LogP contribution in [0.25, 0.3) is 11.3 Å². The van der Waals surface area contributed by atoms with E-state index in [2.05, 4.69) is 4.72 Å². The minimum absolute atomic E-state index is 0.0529. The second-order valence-corrected chi connectivity index (χ2v) is 8.04. The molecule has 1 aliphatic rings. The first-order valence-corrected chi connectivity index (χ1v) is 10.2. The van der Waals surface area contributed by atoms with Crippen LogP contribution in [0, 0.1) is 0 Å². The maximum atomic E-state index is 12.5. The van der Waals surface area contributed by atoms with Crippen molar-refractivity contribution in [2.45, 2.75) is 11.0 Å². The quantitative estimate of drug-likeness (QED) is 0.659. The van der Waals surface area contributed by atoms with Gasteiger partial charge in [-0.1, -0.05) is 24.3 Å². The number of fused-ring (bicyclic) bond motifs is 1. The summed E-state index contributed by atoms with van der Waals surface area (Å²) in [6, 6.07) is 15.2. The van der Waals surface area contributed by atoms with Crippen LogP contribution in [0.4, 0.5) is 0 Å². The van der Waals surface area contributed by atoms with Crippen LogP contribution in [0.1, 0.15) is 11.7 Å². The monoisotopic (exact) mass is 401 g/mol. The van der Waals surface area contributed by atoms with Gasteiger partial charge in [-0.15, -0.1) is 0 Å². The van der Waals surface area contributed by atoms with Gasteiger partial charge < -0.3 is 19.0 Å². The zero-order valence-electron chi connectivity index (χ0n) is 14.9. The first-order chi connectivity index (χ1) is 13.5. The fraction of sp³-hybridized carbons (Fsp3) is 0.200. The maximum absolute atomic E-state index is 12.5. The van der Waals surface area contributed by atoms with E-state index in [1.807, 2.05) is 18.2 Å². The number of hydrogen-bond acceptors (Lipinski definition) is 6. The molecule has 4 rings (SSSR count). The van der Waals surface area contributed by atoms with E-state index in [9.17, 15) is 13.5 Å². The van der Waals surface area contributed by atoms with Crippen LogP contribution < -0.4 is 14.2 Å². The Morgan fingerprint density at radius 3 is 2.46 bits per heavy atom. The highest BCUT2D eigenvalue weighted by atomic mass is 32.2. The Kier molecular flexibility index (Phi) is 5.08. The van der Waals surface area contributed by atoms with Gasteiger partial charge >= 0.3 is 0 Å². The molecule has 0 fully saturated rings. The highest BCUT2D eigenvalue weighted by molar-refractivity contribution is 7.89. The van der Waals surface area contributed by atoms with E-state index < -0.39 is 16.1 Å². The summed E-state index contributed by atoms with van der Waals surface area (Å²) >= 11 is 0. The van der Waals surface area contributed by atoms with Gasteiger partial charge in [0.1, 0.15) is 19.0 Å². The van der Waals surface area contributed by atoms with E-state index in [1.165, 1.54) is 12.1 Å². The third-order valence-electron chi connectivity index (χ3n) is 4.39. The number of aliphatic hydroxyl groups is 1. The van der Waals surface area contributed by atoms with E-state index >= 15 is 0 Å². The first-order valence-electron chi connectivity index (χ1n) is 8.74. The lowest BCUT2D eigenvalue weighted by atomic mass is 10.1. The molecule has 0 bridgehead atoms. The summed E-state index contributed by atoms with van der Waals surface area (Å²) in [5.41, 5.74) is 1.47. The van der Waals surface area contributed by atoms with E-state index in [0.717, 1.165) is 11.3 Å². The van der Waals surface area contributed by atoms with Crippen molar-refractivity contribution in [3.8, 4) is 22.8 Å². The van der Waals surface area contributed by atoms with E-state index in [-0.39, 0.29) is 11.4 Å². The molecule has 2 N–H and O–H groups in total. The Bertz CT molecular complexity index is 1040. The molecular weight excluding hydrogens is 382 g/mol. The van der Waals surface area contributed by atoms with Gasteiger partial charge in [0.05, 0.1) is 17.3 Å². The normalized spacial score (nSPS) is 14.6. The van der Waals surface area contributed by atoms with Crippen molar-refractivity contribution in [1.29, 1.82) is 0 Å².